The van der Waals surface area contributed by atoms with Crippen LogP contribution in [0.4, 0.5) is 0 Å². The van der Waals surface area contributed by atoms with E-state index in [0.29, 0.717) is 6.42 Å². The Morgan fingerprint density at radius 2 is 1.80 bits per heavy atom. The van der Waals surface area contributed by atoms with E-state index in [0.717, 1.165) is 23.9 Å². The zero-order valence-electron chi connectivity index (χ0n) is 10.2. The standard InChI is InChI=1S/C11H22N2OS/c1-6-13(7-2)10(3)15-9-8-11(14)12(4)5/h3,6-9H2,1-2,4-5H3. The van der Waals surface area contributed by atoms with Crippen molar-refractivity contribution >= 4 is 17.7 Å². The predicted octanol–water partition coefficient (Wildman–Crippen LogP) is 2.01. The summed E-state index contributed by atoms with van der Waals surface area (Å²) in [5.41, 5.74) is 0. The van der Waals surface area contributed by atoms with Gasteiger partial charge in [-0.15, -0.1) is 11.8 Å². The van der Waals surface area contributed by atoms with Crippen molar-refractivity contribution in [3.05, 3.63) is 11.6 Å². The second-order valence-corrected chi connectivity index (χ2v) is 4.62. The van der Waals surface area contributed by atoms with Gasteiger partial charge in [-0.25, -0.2) is 0 Å². The topological polar surface area (TPSA) is 23.6 Å². The Hall–Kier alpha value is -0.640. The Morgan fingerprint density at radius 1 is 1.27 bits per heavy atom. The van der Waals surface area contributed by atoms with Gasteiger partial charge in [-0.1, -0.05) is 6.58 Å². The summed E-state index contributed by atoms with van der Waals surface area (Å²) in [6.07, 6.45) is 0.581. The maximum Gasteiger partial charge on any atom is 0.222 e. The normalized spacial score (nSPS) is 9.87. The molecule has 1 amide bonds. The molecule has 0 bridgehead atoms. The quantitative estimate of drug-likeness (QED) is 0.668. The van der Waals surface area contributed by atoms with Crippen molar-refractivity contribution < 1.29 is 4.79 Å². The minimum absolute atomic E-state index is 0.176. The van der Waals surface area contributed by atoms with Crippen LogP contribution in [0.3, 0.4) is 0 Å². The van der Waals surface area contributed by atoms with E-state index in [1.807, 2.05) is 0 Å². The van der Waals surface area contributed by atoms with Crippen LogP contribution >= 0.6 is 11.8 Å². The van der Waals surface area contributed by atoms with Gasteiger partial charge >= 0.3 is 0 Å². The monoisotopic (exact) mass is 230 g/mol. The van der Waals surface area contributed by atoms with Crippen molar-refractivity contribution in [1.29, 1.82) is 0 Å². The Kier molecular flexibility index (Phi) is 7.30. The van der Waals surface area contributed by atoms with Gasteiger partial charge in [0.1, 0.15) is 0 Å². The lowest BCUT2D eigenvalue weighted by molar-refractivity contribution is -0.128. The van der Waals surface area contributed by atoms with Gasteiger partial charge in [0.15, 0.2) is 0 Å². The number of amides is 1. The molecule has 0 rings (SSSR count). The summed E-state index contributed by atoms with van der Waals surface area (Å²) in [4.78, 5) is 15.1. The summed E-state index contributed by atoms with van der Waals surface area (Å²) in [6, 6.07) is 0. The van der Waals surface area contributed by atoms with Crippen molar-refractivity contribution in [2.45, 2.75) is 20.3 Å². The lowest BCUT2D eigenvalue weighted by atomic mass is 10.4. The highest BCUT2D eigenvalue weighted by molar-refractivity contribution is 8.02. The zero-order valence-corrected chi connectivity index (χ0v) is 11.1. The van der Waals surface area contributed by atoms with E-state index in [4.69, 9.17) is 0 Å². The highest BCUT2D eigenvalue weighted by atomic mass is 32.2. The Bertz CT molecular complexity index is 213. The van der Waals surface area contributed by atoms with Crippen molar-refractivity contribution in [3.63, 3.8) is 0 Å². The fraction of sp³-hybridized carbons (Fsp3) is 0.727. The third-order valence-corrected chi connectivity index (χ3v) is 3.20. The summed E-state index contributed by atoms with van der Waals surface area (Å²) < 4.78 is 0. The Labute approximate surface area is 97.5 Å². The number of hydrogen-bond acceptors (Lipinski definition) is 3. The molecule has 0 aliphatic carbocycles. The van der Waals surface area contributed by atoms with E-state index < -0.39 is 0 Å². The first-order chi connectivity index (χ1) is 7.02. The van der Waals surface area contributed by atoms with Crippen LogP contribution in [0.25, 0.3) is 0 Å². The van der Waals surface area contributed by atoms with Crippen molar-refractivity contribution in [3.8, 4) is 0 Å². The minimum atomic E-state index is 0.176. The van der Waals surface area contributed by atoms with Crippen molar-refractivity contribution in [1.82, 2.24) is 9.80 Å². The molecule has 0 saturated carbocycles. The van der Waals surface area contributed by atoms with Crippen LogP contribution in [0.5, 0.6) is 0 Å². The smallest absolute Gasteiger partial charge is 0.222 e. The molecule has 0 atom stereocenters. The molecule has 88 valence electrons. The van der Waals surface area contributed by atoms with Gasteiger partial charge in [-0.2, -0.15) is 0 Å². The zero-order chi connectivity index (χ0) is 11.8. The molecular formula is C11H22N2OS. The Balaban J connectivity index is 3.76. The number of nitrogens with zero attached hydrogens (tertiary/aromatic N) is 2. The average molecular weight is 230 g/mol. The fourth-order valence-corrected chi connectivity index (χ4v) is 2.10. The van der Waals surface area contributed by atoms with Crippen LogP contribution in [0, 0.1) is 0 Å². The average Bonchev–Trinajstić information content (AvgIpc) is 2.19. The predicted molar refractivity (Wildman–Crippen MR) is 67.8 cm³/mol. The van der Waals surface area contributed by atoms with Crippen LogP contribution in [-0.4, -0.2) is 48.6 Å². The fourth-order valence-electron chi connectivity index (χ4n) is 1.15. The number of thioether (sulfide) groups is 1. The maximum absolute atomic E-state index is 11.3. The molecular weight excluding hydrogens is 208 g/mol. The van der Waals surface area contributed by atoms with Crippen LogP contribution in [0.1, 0.15) is 20.3 Å². The molecule has 0 aliphatic heterocycles. The molecule has 0 fully saturated rings. The van der Waals surface area contributed by atoms with E-state index in [1.54, 1.807) is 30.8 Å². The first-order valence-corrected chi connectivity index (χ1v) is 6.28. The molecule has 0 aromatic rings. The molecule has 15 heavy (non-hydrogen) atoms. The molecule has 0 spiro atoms. The van der Waals surface area contributed by atoms with E-state index in [9.17, 15) is 4.79 Å². The molecule has 0 unspecified atom stereocenters. The SMILES string of the molecule is C=C(SCCC(=O)N(C)C)N(CC)CC. The van der Waals surface area contributed by atoms with E-state index >= 15 is 0 Å². The molecule has 0 aromatic carbocycles. The molecule has 0 radical (unpaired) electrons. The lowest BCUT2D eigenvalue weighted by Crippen LogP contribution is -2.23. The maximum atomic E-state index is 11.3. The Morgan fingerprint density at radius 3 is 2.20 bits per heavy atom. The number of hydrogen-bond donors (Lipinski definition) is 0. The van der Waals surface area contributed by atoms with Crippen molar-refractivity contribution in [2.75, 3.05) is 32.9 Å². The summed E-state index contributed by atoms with van der Waals surface area (Å²) in [7, 11) is 3.57. The molecule has 0 aromatic heterocycles. The largest absolute Gasteiger partial charge is 0.367 e. The van der Waals surface area contributed by atoms with E-state index in [2.05, 4.69) is 25.3 Å². The summed E-state index contributed by atoms with van der Waals surface area (Å²) in [5.74, 6) is 0.988. The van der Waals surface area contributed by atoms with Crippen LogP contribution in [0.15, 0.2) is 11.6 Å². The molecule has 3 nitrogen and oxygen atoms in total. The van der Waals surface area contributed by atoms with Gasteiger partial charge < -0.3 is 9.80 Å². The van der Waals surface area contributed by atoms with E-state index in [-0.39, 0.29) is 5.91 Å². The summed E-state index contributed by atoms with van der Waals surface area (Å²) in [5, 5.41) is 1.06. The van der Waals surface area contributed by atoms with Gasteiger partial charge in [0.05, 0.1) is 5.03 Å². The van der Waals surface area contributed by atoms with Crippen molar-refractivity contribution in [2.24, 2.45) is 0 Å². The highest BCUT2D eigenvalue weighted by Crippen LogP contribution is 2.18. The summed E-state index contributed by atoms with van der Waals surface area (Å²) >= 11 is 1.66. The van der Waals surface area contributed by atoms with Crippen LogP contribution in [-0.2, 0) is 4.79 Å². The highest BCUT2D eigenvalue weighted by Gasteiger charge is 2.06. The second-order valence-electron chi connectivity index (χ2n) is 3.45. The van der Waals surface area contributed by atoms with Gasteiger partial charge in [0.25, 0.3) is 0 Å². The van der Waals surface area contributed by atoms with E-state index in [1.165, 1.54) is 0 Å². The third-order valence-electron chi connectivity index (χ3n) is 2.20. The third kappa shape index (κ3) is 5.72. The van der Waals surface area contributed by atoms with Gasteiger partial charge in [0.2, 0.25) is 5.91 Å². The van der Waals surface area contributed by atoms with Crippen LogP contribution in [0.2, 0.25) is 0 Å². The molecule has 0 saturated heterocycles. The second kappa shape index (κ2) is 7.63. The lowest BCUT2D eigenvalue weighted by Gasteiger charge is -2.22. The van der Waals surface area contributed by atoms with Gasteiger partial charge in [-0.05, 0) is 13.8 Å². The first kappa shape index (κ1) is 14.4. The molecule has 0 N–H and O–H groups in total. The number of carbonyl (C=O) groups excluding carboxylic acids is 1. The van der Waals surface area contributed by atoms with Gasteiger partial charge in [0, 0.05) is 39.4 Å². The molecule has 4 heteroatoms. The van der Waals surface area contributed by atoms with Gasteiger partial charge in [-0.3, -0.25) is 4.79 Å². The number of rotatable bonds is 7. The molecule has 0 aliphatic rings. The molecule has 0 heterocycles. The summed E-state index contributed by atoms with van der Waals surface area (Å²) in [6.45, 7) is 10.2. The minimum Gasteiger partial charge on any atom is -0.367 e. The number of carbonyl (C=O) groups is 1. The van der Waals surface area contributed by atoms with Crippen LogP contribution < -0.4 is 0 Å². The first-order valence-electron chi connectivity index (χ1n) is 5.29.